The highest BCUT2D eigenvalue weighted by Gasteiger charge is 2.12. The van der Waals surface area contributed by atoms with Crippen molar-refractivity contribution in [1.82, 2.24) is 14.8 Å². The highest BCUT2D eigenvalue weighted by atomic mass is 19.1. The molecule has 0 saturated heterocycles. The van der Waals surface area contributed by atoms with Crippen LogP contribution < -0.4 is 5.32 Å². The number of nitrogens with one attached hydrogen (secondary N) is 1. The lowest BCUT2D eigenvalue weighted by molar-refractivity contribution is 0.102. The zero-order valence-electron chi connectivity index (χ0n) is 12.7. The molecule has 0 spiro atoms. The maximum atomic E-state index is 13.0. The summed E-state index contributed by atoms with van der Waals surface area (Å²) in [6.07, 6.45) is 3.29. The first-order valence-corrected chi connectivity index (χ1v) is 7.06. The van der Waals surface area contributed by atoms with Gasteiger partial charge in [0.25, 0.3) is 5.91 Å². The Balaban J connectivity index is 1.84. The third-order valence-electron chi connectivity index (χ3n) is 3.43. The zero-order valence-corrected chi connectivity index (χ0v) is 12.7. The topological polar surface area (TPSA) is 59.8 Å². The Kier molecular flexibility index (Phi) is 3.89. The monoisotopic (exact) mass is 310 g/mol. The molecule has 1 N–H and O–H groups in total. The van der Waals surface area contributed by atoms with E-state index in [0.29, 0.717) is 22.6 Å². The summed E-state index contributed by atoms with van der Waals surface area (Å²) in [7, 11) is 1.78. The highest BCUT2D eigenvalue weighted by molar-refractivity contribution is 6.05. The molecule has 3 aromatic rings. The molecule has 0 unspecified atom stereocenters. The lowest BCUT2D eigenvalue weighted by Crippen LogP contribution is -2.13. The Bertz CT molecular complexity index is 855. The van der Waals surface area contributed by atoms with Gasteiger partial charge < -0.3 is 5.32 Å². The molecule has 0 bridgehead atoms. The maximum Gasteiger partial charge on any atom is 0.257 e. The Morgan fingerprint density at radius 3 is 2.52 bits per heavy atom. The molecule has 0 radical (unpaired) electrons. The van der Waals surface area contributed by atoms with E-state index in [9.17, 15) is 9.18 Å². The van der Waals surface area contributed by atoms with Crippen molar-refractivity contribution in [2.75, 3.05) is 5.32 Å². The summed E-state index contributed by atoms with van der Waals surface area (Å²) in [5.74, 6) is -0.536. The van der Waals surface area contributed by atoms with Gasteiger partial charge in [-0.1, -0.05) is 0 Å². The van der Waals surface area contributed by atoms with Crippen molar-refractivity contribution in [2.45, 2.75) is 6.92 Å². The second-order valence-electron chi connectivity index (χ2n) is 5.19. The molecule has 2 heterocycles. The van der Waals surface area contributed by atoms with Crippen LogP contribution in [0.15, 0.2) is 48.8 Å². The second kappa shape index (κ2) is 6.00. The van der Waals surface area contributed by atoms with Crippen molar-refractivity contribution in [2.24, 2.45) is 7.05 Å². The van der Waals surface area contributed by atoms with Crippen LogP contribution >= 0.6 is 0 Å². The Morgan fingerprint density at radius 1 is 1.17 bits per heavy atom. The number of anilines is 1. The minimum Gasteiger partial charge on any atom is -0.319 e. The Hall–Kier alpha value is -3.02. The summed E-state index contributed by atoms with van der Waals surface area (Å²) in [5.41, 5.74) is 3.21. The molecule has 0 atom stereocenters. The van der Waals surface area contributed by atoms with Crippen LogP contribution in [0.1, 0.15) is 16.1 Å². The number of carbonyl (C=O) groups is 1. The van der Waals surface area contributed by atoms with Gasteiger partial charge >= 0.3 is 0 Å². The van der Waals surface area contributed by atoms with E-state index in [1.807, 2.05) is 0 Å². The number of rotatable bonds is 3. The molecule has 0 aliphatic rings. The predicted octanol–water partition coefficient (Wildman–Crippen LogP) is 3.18. The lowest BCUT2D eigenvalue weighted by atomic mass is 10.1. The average molecular weight is 310 g/mol. The molecular weight excluding hydrogens is 295 g/mol. The fraction of sp³-hybridized carbons (Fsp3) is 0.118. The number of aromatic nitrogens is 3. The van der Waals surface area contributed by atoms with Gasteiger partial charge in [0.05, 0.1) is 28.8 Å². The van der Waals surface area contributed by atoms with Gasteiger partial charge in [-0.3, -0.25) is 14.5 Å². The van der Waals surface area contributed by atoms with E-state index in [4.69, 9.17) is 0 Å². The van der Waals surface area contributed by atoms with Crippen molar-refractivity contribution in [3.8, 4) is 11.3 Å². The second-order valence-corrected chi connectivity index (χ2v) is 5.19. The number of nitrogens with zero attached hydrogens (tertiary/aromatic N) is 3. The fourth-order valence-corrected chi connectivity index (χ4v) is 2.27. The van der Waals surface area contributed by atoms with Crippen molar-refractivity contribution < 1.29 is 9.18 Å². The van der Waals surface area contributed by atoms with Gasteiger partial charge in [0.2, 0.25) is 0 Å². The number of pyridine rings is 1. The third-order valence-corrected chi connectivity index (χ3v) is 3.43. The first kappa shape index (κ1) is 14.9. The Morgan fingerprint density at radius 2 is 1.91 bits per heavy atom. The first-order valence-electron chi connectivity index (χ1n) is 7.06. The molecule has 0 aliphatic heterocycles. The molecule has 5 nitrogen and oxygen atoms in total. The minimum absolute atomic E-state index is 0.242. The molecule has 2 aromatic heterocycles. The van der Waals surface area contributed by atoms with E-state index in [0.717, 1.165) is 5.56 Å². The average Bonchev–Trinajstić information content (AvgIpc) is 2.92. The quantitative estimate of drug-likeness (QED) is 0.808. The molecule has 0 saturated carbocycles. The predicted molar refractivity (Wildman–Crippen MR) is 85.5 cm³/mol. The summed E-state index contributed by atoms with van der Waals surface area (Å²) in [6, 6.07) is 9.55. The van der Waals surface area contributed by atoms with E-state index in [1.54, 1.807) is 55.3 Å². The number of amides is 1. The summed E-state index contributed by atoms with van der Waals surface area (Å²) in [4.78, 5) is 16.7. The van der Waals surface area contributed by atoms with Crippen LogP contribution in [0.3, 0.4) is 0 Å². The van der Waals surface area contributed by atoms with Crippen LogP contribution in [0, 0.1) is 12.7 Å². The minimum atomic E-state index is -0.294. The molecule has 1 amide bonds. The number of hydrogen-bond acceptors (Lipinski definition) is 3. The molecule has 3 rings (SSSR count). The summed E-state index contributed by atoms with van der Waals surface area (Å²) < 4.78 is 14.6. The van der Waals surface area contributed by atoms with Crippen molar-refractivity contribution in [3.05, 3.63) is 65.9 Å². The van der Waals surface area contributed by atoms with Crippen molar-refractivity contribution >= 4 is 11.6 Å². The van der Waals surface area contributed by atoms with Gasteiger partial charge in [-0.05, 0) is 43.3 Å². The van der Waals surface area contributed by atoms with Gasteiger partial charge in [-0.2, -0.15) is 5.10 Å². The van der Waals surface area contributed by atoms with Crippen LogP contribution in [-0.2, 0) is 7.05 Å². The van der Waals surface area contributed by atoms with Crippen LogP contribution in [0.2, 0.25) is 0 Å². The molecule has 116 valence electrons. The summed E-state index contributed by atoms with van der Waals surface area (Å²) in [6.45, 7) is 1.77. The first-order chi connectivity index (χ1) is 11.0. The zero-order chi connectivity index (χ0) is 16.4. The van der Waals surface area contributed by atoms with E-state index < -0.39 is 0 Å². The summed E-state index contributed by atoms with van der Waals surface area (Å²) in [5, 5.41) is 6.78. The highest BCUT2D eigenvalue weighted by Crippen LogP contribution is 2.20. The summed E-state index contributed by atoms with van der Waals surface area (Å²) >= 11 is 0. The third kappa shape index (κ3) is 3.26. The Labute approximate surface area is 132 Å². The van der Waals surface area contributed by atoms with Crippen molar-refractivity contribution in [1.29, 1.82) is 0 Å². The standard InChI is InChI=1S/C17H15FN4O/c1-11-15(17(23)21-14-9-19-22(2)10-14)7-8-16(20-11)12-3-5-13(18)6-4-12/h3-10H,1-2H3,(H,21,23). The van der Waals surface area contributed by atoms with Gasteiger partial charge in [-0.15, -0.1) is 0 Å². The largest absolute Gasteiger partial charge is 0.319 e. The lowest BCUT2D eigenvalue weighted by Gasteiger charge is -2.08. The van der Waals surface area contributed by atoms with Gasteiger partial charge in [0.1, 0.15) is 5.82 Å². The molecule has 23 heavy (non-hydrogen) atoms. The molecular formula is C17H15FN4O. The number of carbonyl (C=O) groups excluding carboxylic acids is 1. The SMILES string of the molecule is Cc1nc(-c2ccc(F)cc2)ccc1C(=O)Nc1cnn(C)c1. The van der Waals surface area contributed by atoms with Gasteiger partial charge in [0.15, 0.2) is 0 Å². The number of benzene rings is 1. The normalized spacial score (nSPS) is 10.6. The van der Waals surface area contributed by atoms with Crippen LogP contribution in [-0.4, -0.2) is 20.7 Å². The smallest absolute Gasteiger partial charge is 0.257 e. The number of hydrogen-bond donors (Lipinski definition) is 1. The number of halogens is 1. The van der Waals surface area contributed by atoms with Crippen LogP contribution in [0.4, 0.5) is 10.1 Å². The maximum absolute atomic E-state index is 13.0. The molecule has 0 aliphatic carbocycles. The van der Waals surface area contributed by atoms with Gasteiger partial charge in [0, 0.05) is 18.8 Å². The fourth-order valence-electron chi connectivity index (χ4n) is 2.27. The van der Waals surface area contributed by atoms with Gasteiger partial charge in [-0.25, -0.2) is 4.39 Å². The van der Waals surface area contributed by atoms with Crippen LogP contribution in [0.25, 0.3) is 11.3 Å². The number of aryl methyl sites for hydroxylation is 2. The van der Waals surface area contributed by atoms with E-state index in [-0.39, 0.29) is 11.7 Å². The van der Waals surface area contributed by atoms with Crippen LogP contribution in [0.5, 0.6) is 0 Å². The van der Waals surface area contributed by atoms with E-state index in [1.165, 1.54) is 12.1 Å². The molecule has 6 heteroatoms. The molecule has 0 fully saturated rings. The van der Waals surface area contributed by atoms with E-state index in [2.05, 4.69) is 15.4 Å². The molecule has 1 aromatic carbocycles. The van der Waals surface area contributed by atoms with Crippen molar-refractivity contribution in [3.63, 3.8) is 0 Å². The van der Waals surface area contributed by atoms with E-state index >= 15 is 0 Å².